The van der Waals surface area contributed by atoms with E-state index in [2.05, 4.69) is 5.32 Å². The van der Waals surface area contributed by atoms with Crippen molar-refractivity contribution in [1.29, 1.82) is 0 Å². The van der Waals surface area contributed by atoms with E-state index < -0.39 is 0 Å². The first-order valence-electron chi connectivity index (χ1n) is 3.81. The van der Waals surface area contributed by atoms with E-state index in [1.54, 1.807) is 0 Å². The molecule has 2 atom stereocenters. The van der Waals surface area contributed by atoms with Gasteiger partial charge < -0.3 is 16.8 Å². The molecule has 5 N–H and O–H groups in total. The van der Waals surface area contributed by atoms with Crippen LogP contribution in [0.25, 0.3) is 0 Å². The van der Waals surface area contributed by atoms with E-state index in [4.69, 9.17) is 11.5 Å². The van der Waals surface area contributed by atoms with Crippen molar-refractivity contribution in [3.05, 3.63) is 0 Å². The second-order valence-electron chi connectivity index (χ2n) is 3.41. The third-order valence-electron chi connectivity index (χ3n) is 2.72. The molecular formula is C7H17N3. The first-order valence-corrected chi connectivity index (χ1v) is 3.81. The number of rotatable bonds is 2. The quantitative estimate of drug-likeness (QED) is 0.477. The highest BCUT2D eigenvalue weighted by Crippen LogP contribution is 2.28. The molecule has 1 aliphatic rings. The van der Waals surface area contributed by atoms with Crippen LogP contribution in [0, 0.1) is 5.41 Å². The molecule has 2 unspecified atom stereocenters. The van der Waals surface area contributed by atoms with Gasteiger partial charge in [-0.25, -0.2) is 0 Å². The summed E-state index contributed by atoms with van der Waals surface area (Å²) in [5.41, 5.74) is 11.8. The molecule has 1 heterocycles. The fraction of sp³-hybridized carbons (Fsp3) is 1.00. The average Bonchev–Trinajstić information content (AvgIpc) is 1.57. The molecule has 0 aromatic rings. The van der Waals surface area contributed by atoms with Crippen LogP contribution in [0.1, 0.15) is 13.8 Å². The smallest absolute Gasteiger partial charge is 0.0249 e. The van der Waals surface area contributed by atoms with Crippen LogP contribution in [-0.4, -0.2) is 25.2 Å². The maximum absolute atomic E-state index is 5.81. The maximum atomic E-state index is 5.81. The Morgan fingerprint density at radius 1 is 1.20 bits per heavy atom. The van der Waals surface area contributed by atoms with Gasteiger partial charge in [-0.2, -0.15) is 0 Å². The van der Waals surface area contributed by atoms with E-state index >= 15 is 0 Å². The third-order valence-corrected chi connectivity index (χ3v) is 2.72. The zero-order chi connectivity index (χ0) is 7.78. The largest absolute Gasteiger partial charge is 0.327 e. The minimum atomic E-state index is 0.167. The number of nitrogens with one attached hydrogen (secondary N) is 1. The van der Waals surface area contributed by atoms with E-state index in [0.717, 1.165) is 13.1 Å². The molecule has 0 aromatic carbocycles. The van der Waals surface area contributed by atoms with Crippen molar-refractivity contribution in [3.8, 4) is 0 Å². The van der Waals surface area contributed by atoms with E-state index in [-0.39, 0.29) is 17.5 Å². The Hall–Kier alpha value is -0.120. The van der Waals surface area contributed by atoms with Gasteiger partial charge >= 0.3 is 0 Å². The van der Waals surface area contributed by atoms with Crippen LogP contribution < -0.4 is 16.8 Å². The molecule has 60 valence electrons. The van der Waals surface area contributed by atoms with Gasteiger partial charge in [0.15, 0.2) is 0 Å². The van der Waals surface area contributed by atoms with Crippen LogP contribution in [-0.2, 0) is 0 Å². The summed E-state index contributed by atoms with van der Waals surface area (Å²) in [7, 11) is 0. The highest BCUT2D eigenvalue weighted by atomic mass is 15.0. The van der Waals surface area contributed by atoms with Crippen LogP contribution in [0.4, 0.5) is 0 Å². The number of hydrogen-bond acceptors (Lipinski definition) is 3. The van der Waals surface area contributed by atoms with Gasteiger partial charge in [-0.05, 0) is 13.8 Å². The minimum absolute atomic E-state index is 0.167. The molecule has 1 rings (SSSR count). The first-order chi connectivity index (χ1) is 4.59. The summed E-state index contributed by atoms with van der Waals surface area (Å²) in [6, 6.07) is 0.405. The van der Waals surface area contributed by atoms with Gasteiger partial charge in [0.25, 0.3) is 0 Å². The zero-order valence-corrected chi connectivity index (χ0v) is 6.72. The standard InChI is InChI=1S/C7H17N3/c1-5(8)7(6(2)9)3-10-4-7/h5-6,10H,3-4,8-9H2,1-2H3. The van der Waals surface area contributed by atoms with Crippen molar-refractivity contribution < 1.29 is 0 Å². The second kappa shape index (κ2) is 2.49. The molecule has 0 amide bonds. The minimum Gasteiger partial charge on any atom is -0.327 e. The van der Waals surface area contributed by atoms with Crippen molar-refractivity contribution in [2.75, 3.05) is 13.1 Å². The Balaban J connectivity index is 2.59. The Labute approximate surface area is 62.2 Å². The molecule has 3 nitrogen and oxygen atoms in total. The molecule has 0 spiro atoms. The summed E-state index contributed by atoms with van der Waals surface area (Å²) >= 11 is 0. The summed E-state index contributed by atoms with van der Waals surface area (Å²) in [4.78, 5) is 0. The highest BCUT2D eigenvalue weighted by molar-refractivity contribution is 5.02. The third kappa shape index (κ3) is 0.944. The van der Waals surface area contributed by atoms with Crippen LogP contribution in [0.2, 0.25) is 0 Å². The van der Waals surface area contributed by atoms with Crippen LogP contribution >= 0.6 is 0 Å². The van der Waals surface area contributed by atoms with Crippen molar-refractivity contribution in [2.24, 2.45) is 16.9 Å². The van der Waals surface area contributed by atoms with E-state index in [1.165, 1.54) is 0 Å². The molecule has 0 aliphatic carbocycles. The summed E-state index contributed by atoms with van der Waals surface area (Å²) in [5.74, 6) is 0. The Morgan fingerprint density at radius 3 is 1.60 bits per heavy atom. The van der Waals surface area contributed by atoms with Gasteiger partial charge in [-0.1, -0.05) is 0 Å². The van der Waals surface area contributed by atoms with Crippen LogP contribution in [0.5, 0.6) is 0 Å². The lowest BCUT2D eigenvalue weighted by atomic mass is 9.71. The molecule has 0 saturated carbocycles. The SMILES string of the molecule is CC(N)C1(C(C)N)CNC1. The van der Waals surface area contributed by atoms with Crippen molar-refractivity contribution >= 4 is 0 Å². The van der Waals surface area contributed by atoms with Crippen molar-refractivity contribution in [2.45, 2.75) is 25.9 Å². The van der Waals surface area contributed by atoms with Gasteiger partial charge in [-0.3, -0.25) is 0 Å². The molecular weight excluding hydrogens is 126 g/mol. The molecule has 3 heteroatoms. The molecule has 0 bridgehead atoms. The summed E-state index contributed by atoms with van der Waals surface area (Å²) < 4.78 is 0. The maximum Gasteiger partial charge on any atom is 0.0249 e. The van der Waals surface area contributed by atoms with E-state index in [1.807, 2.05) is 13.8 Å². The van der Waals surface area contributed by atoms with Gasteiger partial charge in [0.1, 0.15) is 0 Å². The fourth-order valence-electron chi connectivity index (χ4n) is 1.47. The summed E-state index contributed by atoms with van der Waals surface area (Å²) in [6.45, 7) is 6.01. The predicted molar refractivity (Wildman–Crippen MR) is 42.6 cm³/mol. The normalized spacial score (nSPS) is 28.8. The first kappa shape index (κ1) is 7.98. The summed E-state index contributed by atoms with van der Waals surface area (Å²) in [5, 5.41) is 3.20. The number of hydrogen-bond donors (Lipinski definition) is 3. The molecule has 0 radical (unpaired) electrons. The summed E-state index contributed by atoms with van der Waals surface area (Å²) in [6.07, 6.45) is 0. The highest BCUT2D eigenvalue weighted by Gasteiger charge is 2.43. The Kier molecular flexibility index (Phi) is 1.99. The van der Waals surface area contributed by atoms with Crippen LogP contribution in [0.3, 0.4) is 0 Å². The lowest BCUT2D eigenvalue weighted by molar-refractivity contribution is 0.104. The molecule has 1 fully saturated rings. The molecule has 10 heavy (non-hydrogen) atoms. The number of nitrogens with two attached hydrogens (primary N) is 2. The molecule has 1 saturated heterocycles. The fourth-order valence-corrected chi connectivity index (χ4v) is 1.47. The zero-order valence-electron chi connectivity index (χ0n) is 6.72. The van der Waals surface area contributed by atoms with Crippen molar-refractivity contribution in [3.63, 3.8) is 0 Å². The lowest BCUT2D eigenvalue weighted by Gasteiger charge is -2.48. The van der Waals surface area contributed by atoms with Crippen molar-refractivity contribution in [1.82, 2.24) is 5.32 Å². The van der Waals surface area contributed by atoms with Crippen LogP contribution in [0.15, 0.2) is 0 Å². The monoisotopic (exact) mass is 143 g/mol. The van der Waals surface area contributed by atoms with Gasteiger partial charge in [0.05, 0.1) is 0 Å². The molecule has 1 aliphatic heterocycles. The Bertz CT molecular complexity index is 106. The molecule has 0 aromatic heterocycles. The average molecular weight is 143 g/mol. The predicted octanol–water partition coefficient (Wildman–Crippen LogP) is -0.730. The van der Waals surface area contributed by atoms with Gasteiger partial charge in [0.2, 0.25) is 0 Å². The topological polar surface area (TPSA) is 64.1 Å². The van der Waals surface area contributed by atoms with Gasteiger partial charge in [0, 0.05) is 30.6 Å². The van der Waals surface area contributed by atoms with E-state index in [9.17, 15) is 0 Å². The second-order valence-corrected chi connectivity index (χ2v) is 3.41. The Morgan fingerprint density at radius 2 is 1.60 bits per heavy atom. The van der Waals surface area contributed by atoms with Gasteiger partial charge in [-0.15, -0.1) is 0 Å². The van der Waals surface area contributed by atoms with E-state index in [0.29, 0.717) is 0 Å². The lowest BCUT2D eigenvalue weighted by Crippen LogP contribution is -2.68.